The van der Waals surface area contributed by atoms with Crippen molar-refractivity contribution < 1.29 is 21.2 Å². The van der Waals surface area contributed by atoms with Crippen molar-refractivity contribution in [3.63, 3.8) is 0 Å². The van der Waals surface area contributed by atoms with Crippen LogP contribution in [-0.4, -0.2) is 0 Å². The summed E-state index contributed by atoms with van der Waals surface area (Å²) in [5, 5.41) is 0. The average molecular weight is 391 g/mol. The zero-order valence-electron chi connectivity index (χ0n) is 13.8. The molecule has 1 heterocycles. The van der Waals surface area contributed by atoms with Crippen LogP contribution in [0, 0.1) is 7.14 Å². The van der Waals surface area contributed by atoms with Crippen molar-refractivity contribution in [3.05, 3.63) is 54.7 Å². The topological polar surface area (TPSA) is 0 Å². The van der Waals surface area contributed by atoms with Crippen molar-refractivity contribution >= 4 is 0 Å². The first-order chi connectivity index (χ1) is 9.66. The van der Waals surface area contributed by atoms with Crippen LogP contribution in [0.2, 0.25) is 0 Å². The molecular formula is C20H24I+. The Morgan fingerprint density at radius 2 is 1.00 bits per heavy atom. The number of rotatable bonds is 0. The van der Waals surface area contributed by atoms with Gasteiger partial charge < -0.3 is 0 Å². The second-order valence-electron chi connectivity index (χ2n) is 7.98. The summed E-state index contributed by atoms with van der Waals surface area (Å²) in [6.45, 7) is 13.8. The monoisotopic (exact) mass is 391 g/mol. The molecule has 0 unspecified atom stereocenters. The van der Waals surface area contributed by atoms with Crippen molar-refractivity contribution in [1.29, 1.82) is 0 Å². The molecule has 3 rings (SSSR count). The molecule has 0 amide bonds. The van der Waals surface area contributed by atoms with Crippen LogP contribution < -0.4 is 21.2 Å². The molecule has 110 valence electrons. The Morgan fingerprint density at radius 1 is 0.619 bits per heavy atom. The minimum atomic E-state index is 0.00377. The van der Waals surface area contributed by atoms with Gasteiger partial charge in [-0.2, -0.15) is 0 Å². The molecule has 0 atom stereocenters. The third-order valence-electron chi connectivity index (χ3n) is 4.16. The molecule has 0 fully saturated rings. The van der Waals surface area contributed by atoms with Crippen LogP contribution in [0.3, 0.4) is 0 Å². The molecule has 1 aliphatic heterocycles. The van der Waals surface area contributed by atoms with Crippen molar-refractivity contribution in [1.82, 2.24) is 0 Å². The van der Waals surface area contributed by atoms with Crippen LogP contribution in [-0.2, 0) is 10.8 Å². The van der Waals surface area contributed by atoms with E-state index in [9.17, 15) is 0 Å². The standard InChI is InChI=1S/C20H24I/c1-19(2,3)13-7-9-17-15(11-13)16-12-14(20(4,5)6)8-10-18(16)21-17/h7-12H,1-6H3/q+1. The van der Waals surface area contributed by atoms with Gasteiger partial charge in [-0.15, -0.1) is 0 Å². The SMILES string of the molecule is CC(C)(C)c1ccc2c(c1)-c1cc(C(C)(C)C)ccc1[I+]2. The molecule has 2 aromatic carbocycles. The van der Waals surface area contributed by atoms with Gasteiger partial charge in [-0.25, -0.2) is 0 Å². The Hall–Kier alpha value is -0.830. The first-order valence-electron chi connectivity index (χ1n) is 7.60. The van der Waals surface area contributed by atoms with Crippen LogP contribution in [0.1, 0.15) is 52.7 Å². The lowest BCUT2D eigenvalue weighted by atomic mass is 9.83. The molecule has 0 saturated heterocycles. The molecular weight excluding hydrogens is 367 g/mol. The first-order valence-corrected chi connectivity index (χ1v) is 9.76. The van der Waals surface area contributed by atoms with Gasteiger partial charge >= 0.3 is 21.2 Å². The first kappa shape index (κ1) is 15.1. The second kappa shape index (κ2) is 4.84. The maximum absolute atomic E-state index is 2.44. The highest BCUT2D eigenvalue weighted by atomic mass is 127. The molecule has 0 N–H and O–H groups in total. The minimum absolute atomic E-state index is 0.00377. The Kier molecular flexibility index (Phi) is 3.47. The van der Waals surface area contributed by atoms with Gasteiger partial charge in [-0.05, 0) is 46.2 Å². The van der Waals surface area contributed by atoms with Crippen LogP contribution in [0.15, 0.2) is 36.4 Å². The number of hydrogen-bond acceptors (Lipinski definition) is 0. The fourth-order valence-electron chi connectivity index (χ4n) is 2.67. The van der Waals surface area contributed by atoms with Gasteiger partial charge in [-0.3, -0.25) is 0 Å². The van der Waals surface area contributed by atoms with E-state index in [4.69, 9.17) is 0 Å². The smallest absolute Gasteiger partial charge is 0.0561 e. The molecule has 1 aliphatic rings. The van der Waals surface area contributed by atoms with Gasteiger partial charge in [0.25, 0.3) is 0 Å². The maximum atomic E-state index is 2.44. The van der Waals surface area contributed by atoms with Crippen LogP contribution >= 0.6 is 0 Å². The average Bonchev–Trinajstić information content (AvgIpc) is 2.73. The Balaban J connectivity index is 2.15. The zero-order valence-corrected chi connectivity index (χ0v) is 16.0. The lowest BCUT2D eigenvalue weighted by Gasteiger charge is -2.20. The van der Waals surface area contributed by atoms with Crippen molar-refractivity contribution in [2.75, 3.05) is 0 Å². The Bertz CT molecular complexity index is 635. The minimum Gasteiger partial charge on any atom is -0.0561 e. The summed E-state index contributed by atoms with van der Waals surface area (Å²) in [5.74, 6) is 0. The predicted octanol–water partition coefficient (Wildman–Crippen LogP) is 2.39. The molecule has 0 saturated carbocycles. The number of halogens is 1. The van der Waals surface area contributed by atoms with Crippen LogP contribution in [0.4, 0.5) is 0 Å². The van der Waals surface area contributed by atoms with E-state index in [1.165, 1.54) is 22.3 Å². The molecule has 0 aromatic heterocycles. The summed E-state index contributed by atoms with van der Waals surface area (Å²) in [6, 6.07) is 14.3. The highest BCUT2D eigenvalue weighted by Crippen LogP contribution is 2.32. The summed E-state index contributed by atoms with van der Waals surface area (Å²) >= 11 is 0.00377. The predicted molar refractivity (Wildman–Crippen MR) is 86.7 cm³/mol. The molecule has 2 aromatic rings. The third-order valence-corrected chi connectivity index (χ3v) is 7.20. The van der Waals surface area contributed by atoms with Gasteiger partial charge in [-0.1, -0.05) is 53.7 Å². The lowest BCUT2D eigenvalue weighted by molar-refractivity contribution is -0.589. The fraction of sp³-hybridized carbons (Fsp3) is 0.400. The van der Waals surface area contributed by atoms with E-state index >= 15 is 0 Å². The highest BCUT2D eigenvalue weighted by Gasteiger charge is 2.35. The van der Waals surface area contributed by atoms with Crippen molar-refractivity contribution in [2.24, 2.45) is 0 Å². The van der Waals surface area contributed by atoms with E-state index in [2.05, 4.69) is 77.9 Å². The van der Waals surface area contributed by atoms with Gasteiger partial charge in [0.1, 0.15) is 0 Å². The normalized spacial score (nSPS) is 14.0. The van der Waals surface area contributed by atoms with Crippen molar-refractivity contribution in [2.45, 2.75) is 52.4 Å². The fourth-order valence-corrected chi connectivity index (χ4v) is 5.49. The molecule has 0 bridgehead atoms. The van der Waals surface area contributed by atoms with Gasteiger partial charge in [0, 0.05) is 11.1 Å². The number of benzene rings is 2. The summed E-state index contributed by atoms with van der Waals surface area (Å²) in [4.78, 5) is 0. The summed E-state index contributed by atoms with van der Waals surface area (Å²) < 4.78 is 3.17. The Labute approximate surface area is 139 Å². The number of hydrogen-bond donors (Lipinski definition) is 0. The van der Waals surface area contributed by atoms with Gasteiger partial charge in [0.2, 0.25) is 7.14 Å². The molecule has 0 aliphatic carbocycles. The van der Waals surface area contributed by atoms with Crippen molar-refractivity contribution in [3.8, 4) is 11.1 Å². The van der Waals surface area contributed by atoms with E-state index in [1.807, 2.05) is 0 Å². The van der Waals surface area contributed by atoms with E-state index < -0.39 is 0 Å². The maximum Gasteiger partial charge on any atom is 0.359 e. The summed E-state index contributed by atoms with van der Waals surface area (Å²) in [7, 11) is 0. The largest absolute Gasteiger partial charge is 0.359 e. The molecule has 21 heavy (non-hydrogen) atoms. The molecule has 0 nitrogen and oxygen atoms in total. The molecule has 0 spiro atoms. The second-order valence-corrected chi connectivity index (χ2v) is 10.8. The lowest BCUT2D eigenvalue weighted by Crippen LogP contribution is -3.61. The summed E-state index contributed by atoms with van der Waals surface area (Å²) in [5.41, 5.74) is 6.32. The zero-order chi connectivity index (χ0) is 15.4. The van der Waals surface area contributed by atoms with Gasteiger partial charge in [0.15, 0.2) is 0 Å². The van der Waals surface area contributed by atoms with E-state index in [0.29, 0.717) is 0 Å². The van der Waals surface area contributed by atoms with E-state index in [-0.39, 0.29) is 32.0 Å². The van der Waals surface area contributed by atoms with Gasteiger partial charge in [0.05, 0.1) is 0 Å². The van der Waals surface area contributed by atoms with E-state index in [1.54, 1.807) is 7.14 Å². The number of fused-ring (bicyclic) bond motifs is 3. The van der Waals surface area contributed by atoms with Crippen LogP contribution in [0.5, 0.6) is 0 Å². The third kappa shape index (κ3) is 2.77. The molecule has 0 radical (unpaired) electrons. The highest BCUT2D eigenvalue weighted by molar-refractivity contribution is 5.67. The Morgan fingerprint density at radius 3 is 1.33 bits per heavy atom. The van der Waals surface area contributed by atoms with Crippen LogP contribution in [0.25, 0.3) is 11.1 Å². The van der Waals surface area contributed by atoms with E-state index in [0.717, 1.165) is 0 Å². The quantitative estimate of drug-likeness (QED) is 0.517. The molecule has 1 heteroatoms. The summed E-state index contributed by atoms with van der Waals surface area (Å²) in [6.07, 6.45) is 0.